The molecule has 8 nitrogen and oxygen atoms in total. The summed E-state index contributed by atoms with van der Waals surface area (Å²) in [6, 6.07) is 7.98. The number of para-hydroxylation sites is 1. The van der Waals surface area contributed by atoms with E-state index in [1.807, 2.05) is 31.2 Å². The van der Waals surface area contributed by atoms with Crippen LogP contribution < -0.4 is 16.1 Å². The van der Waals surface area contributed by atoms with Crippen LogP contribution in [0.1, 0.15) is 18.9 Å². The molecule has 3 aromatic rings. The SMILES string of the molecule is CC1CCc2ccccc2N1C(=O)Cn1cnc2c1c(=O)n(C)c(=O)n2C. The molecule has 1 aliphatic rings. The van der Waals surface area contributed by atoms with E-state index in [1.165, 1.54) is 22.5 Å². The van der Waals surface area contributed by atoms with Crippen LogP contribution in [0, 0.1) is 0 Å². The lowest BCUT2D eigenvalue weighted by molar-refractivity contribution is -0.119. The van der Waals surface area contributed by atoms with Crippen LogP contribution in [0.2, 0.25) is 0 Å². The Kier molecular flexibility index (Phi) is 3.98. The van der Waals surface area contributed by atoms with Gasteiger partial charge >= 0.3 is 5.69 Å². The third kappa shape index (κ3) is 2.59. The van der Waals surface area contributed by atoms with Crippen LogP contribution in [0.5, 0.6) is 0 Å². The summed E-state index contributed by atoms with van der Waals surface area (Å²) in [4.78, 5) is 43.7. The Morgan fingerprint density at radius 2 is 1.93 bits per heavy atom. The normalized spacial score (nSPS) is 16.6. The Morgan fingerprint density at radius 1 is 1.19 bits per heavy atom. The average molecular weight is 367 g/mol. The minimum Gasteiger partial charge on any atom is -0.315 e. The maximum absolute atomic E-state index is 13.1. The number of amides is 1. The lowest BCUT2D eigenvalue weighted by Gasteiger charge is -2.35. The van der Waals surface area contributed by atoms with Gasteiger partial charge in [-0.3, -0.25) is 18.7 Å². The molecule has 0 saturated carbocycles. The van der Waals surface area contributed by atoms with Crippen molar-refractivity contribution in [1.82, 2.24) is 18.7 Å². The van der Waals surface area contributed by atoms with Crippen molar-refractivity contribution >= 4 is 22.8 Å². The largest absolute Gasteiger partial charge is 0.332 e. The number of hydrogen-bond donors (Lipinski definition) is 0. The molecule has 27 heavy (non-hydrogen) atoms. The summed E-state index contributed by atoms with van der Waals surface area (Å²) in [5.41, 5.74) is 1.71. The van der Waals surface area contributed by atoms with E-state index in [0.29, 0.717) is 0 Å². The van der Waals surface area contributed by atoms with Gasteiger partial charge in [0.05, 0.1) is 6.33 Å². The van der Waals surface area contributed by atoms with Crippen molar-refractivity contribution in [2.45, 2.75) is 32.4 Å². The molecule has 1 unspecified atom stereocenters. The van der Waals surface area contributed by atoms with E-state index >= 15 is 0 Å². The standard InChI is InChI=1S/C19H21N5O3/c1-12-8-9-13-6-4-5-7-14(13)24(12)15(25)10-23-11-20-17-16(23)18(26)22(3)19(27)21(17)2/h4-7,11-12H,8-10H2,1-3H3. The Bertz CT molecular complexity index is 1170. The van der Waals surface area contributed by atoms with Crippen LogP contribution in [0.4, 0.5) is 5.69 Å². The number of rotatable bonds is 2. The molecule has 0 radical (unpaired) electrons. The molecule has 0 N–H and O–H groups in total. The number of aryl methyl sites for hydroxylation is 2. The number of carbonyl (C=O) groups is 1. The van der Waals surface area contributed by atoms with Gasteiger partial charge in [-0.15, -0.1) is 0 Å². The molecule has 1 atom stereocenters. The number of carbonyl (C=O) groups excluding carboxylic acids is 1. The van der Waals surface area contributed by atoms with E-state index in [-0.39, 0.29) is 29.7 Å². The van der Waals surface area contributed by atoms with Crippen molar-refractivity contribution in [2.75, 3.05) is 4.90 Å². The molecule has 0 fully saturated rings. The van der Waals surface area contributed by atoms with Crippen molar-refractivity contribution in [3.63, 3.8) is 0 Å². The first kappa shape index (κ1) is 17.3. The van der Waals surface area contributed by atoms with Crippen LogP contribution in [-0.2, 0) is 31.9 Å². The summed E-state index contributed by atoms with van der Waals surface area (Å²) in [5.74, 6) is -0.107. The summed E-state index contributed by atoms with van der Waals surface area (Å²) in [7, 11) is 2.98. The van der Waals surface area contributed by atoms with E-state index in [0.717, 1.165) is 28.7 Å². The van der Waals surface area contributed by atoms with Crippen molar-refractivity contribution in [3.05, 3.63) is 57.0 Å². The maximum Gasteiger partial charge on any atom is 0.332 e. The Balaban J connectivity index is 1.77. The average Bonchev–Trinajstić information content (AvgIpc) is 3.08. The van der Waals surface area contributed by atoms with Crippen LogP contribution in [0.25, 0.3) is 11.2 Å². The number of hydrogen-bond acceptors (Lipinski definition) is 4. The fraction of sp³-hybridized carbons (Fsp3) is 0.368. The van der Waals surface area contributed by atoms with Crippen molar-refractivity contribution in [2.24, 2.45) is 14.1 Å². The van der Waals surface area contributed by atoms with Gasteiger partial charge in [-0.25, -0.2) is 9.78 Å². The molecule has 0 spiro atoms. The fourth-order valence-corrected chi connectivity index (χ4v) is 3.81. The summed E-state index contributed by atoms with van der Waals surface area (Å²) < 4.78 is 3.88. The van der Waals surface area contributed by atoms with Crippen molar-refractivity contribution in [1.29, 1.82) is 0 Å². The van der Waals surface area contributed by atoms with Crippen LogP contribution in [-0.4, -0.2) is 30.6 Å². The highest BCUT2D eigenvalue weighted by Gasteiger charge is 2.28. The first-order valence-corrected chi connectivity index (χ1v) is 8.91. The predicted molar refractivity (Wildman–Crippen MR) is 102 cm³/mol. The van der Waals surface area contributed by atoms with Gasteiger partial charge in [-0.2, -0.15) is 0 Å². The number of nitrogens with zero attached hydrogens (tertiary/aromatic N) is 5. The van der Waals surface area contributed by atoms with Gasteiger partial charge in [0.15, 0.2) is 11.2 Å². The zero-order valence-corrected chi connectivity index (χ0v) is 15.5. The van der Waals surface area contributed by atoms with E-state index in [2.05, 4.69) is 4.98 Å². The summed E-state index contributed by atoms with van der Waals surface area (Å²) in [6.45, 7) is 2.02. The van der Waals surface area contributed by atoms with Gasteiger partial charge in [0.1, 0.15) is 6.54 Å². The van der Waals surface area contributed by atoms with E-state index in [4.69, 9.17) is 0 Å². The third-order valence-electron chi connectivity index (χ3n) is 5.31. The number of aromatic nitrogens is 4. The monoisotopic (exact) mass is 367 g/mol. The Morgan fingerprint density at radius 3 is 2.70 bits per heavy atom. The molecule has 8 heteroatoms. The number of benzene rings is 1. The highest BCUT2D eigenvalue weighted by molar-refractivity contribution is 5.95. The first-order valence-electron chi connectivity index (χ1n) is 8.91. The molecular formula is C19H21N5O3. The molecule has 1 aromatic carbocycles. The van der Waals surface area contributed by atoms with Gasteiger partial charge in [-0.1, -0.05) is 18.2 Å². The minimum absolute atomic E-state index is 0.0113. The second kappa shape index (κ2) is 6.22. The highest BCUT2D eigenvalue weighted by Crippen LogP contribution is 2.30. The second-order valence-electron chi connectivity index (χ2n) is 7.03. The third-order valence-corrected chi connectivity index (χ3v) is 5.31. The van der Waals surface area contributed by atoms with Crippen LogP contribution in [0.15, 0.2) is 40.2 Å². The summed E-state index contributed by atoms with van der Waals surface area (Å²) >= 11 is 0. The van der Waals surface area contributed by atoms with E-state index in [1.54, 1.807) is 11.9 Å². The first-order chi connectivity index (χ1) is 12.9. The maximum atomic E-state index is 13.1. The smallest absolute Gasteiger partial charge is 0.315 e. The molecule has 140 valence electrons. The lowest BCUT2D eigenvalue weighted by atomic mass is 9.96. The minimum atomic E-state index is -0.453. The molecule has 2 aromatic heterocycles. The molecule has 0 aliphatic carbocycles. The summed E-state index contributed by atoms with van der Waals surface area (Å²) in [5, 5.41) is 0. The van der Waals surface area contributed by atoms with E-state index < -0.39 is 11.2 Å². The van der Waals surface area contributed by atoms with Crippen LogP contribution >= 0.6 is 0 Å². The molecule has 3 heterocycles. The van der Waals surface area contributed by atoms with Crippen LogP contribution in [0.3, 0.4) is 0 Å². The molecular weight excluding hydrogens is 346 g/mol. The summed E-state index contributed by atoms with van der Waals surface area (Å²) in [6.07, 6.45) is 3.28. The van der Waals surface area contributed by atoms with E-state index in [9.17, 15) is 14.4 Å². The zero-order valence-electron chi connectivity index (χ0n) is 15.5. The molecule has 4 rings (SSSR count). The Labute approximate surface area is 155 Å². The molecule has 0 bridgehead atoms. The lowest BCUT2D eigenvalue weighted by Crippen LogP contribution is -2.44. The van der Waals surface area contributed by atoms with Gasteiger partial charge in [-0.05, 0) is 31.4 Å². The molecule has 0 saturated heterocycles. The number of fused-ring (bicyclic) bond motifs is 2. The van der Waals surface area contributed by atoms with Crippen molar-refractivity contribution < 1.29 is 4.79 Å². The number of imidazole rings is 1. The zero-order chi connectivity index (χ0) is 19.3. The molecule has 1 amide bonds. The van der Waals surface area contributed by atoms with Gasteiger partial charge in [0, 0.05) is 25.8 Å². The predicted octanol–water partition coefficient (Wildman–Crippen LogP) is 0.802. The number of anilines is 1. The second-order valence-corrected chi connectivity index (χ2v) is 7.03. The fourth-order valence-electron chi connectivity index (χ4n) is 3.81. The molecule has 1 aliphatic heterocycles. The van der Waals surface area contributed by atoms with Crippen molar-refractivity contribution in [3.8, 4) is 0 Å². The van der Waals surface area contributed by atoms with Gasteiger partial charge < -0.3 is 9.47 Å². The quantitative estimate of drug-likeness (QED) is 0.671. The Hall–Kier alpha value is -3.16. The topological polar surface area (TPSA) is 82.1 Å². The van der Waals surface area contributed by atoms with Gasteiger partial charge in [0.2, 0.25) is 5.91 Å². The highest BCUT2D eigenvalue weighted by atomic mass is 16.2. The van der Waals surface area contributed by atoms with Gasteiger partial charge in [0.25, 0.3) is 5.56 Å².